The minimum Gasteiger partial charge on any atom is -0.322 e. The van der Waals surface area contributed by atoms with Crippen molar-refractivity contribution in [2.24, 2.45) is 0 Å². The van der Waals surface area contributed by atoms with Crippen LogP contribution in [-0.2, 0) is 11.3 Å². The standard InChI is InChI=1S/C20H23ClFN3O/c1-15(20(26)23-19-8-6-18(22)7-9-19)25-12-10-24(11-13-25)14-16-2-4-17(21)5-3-16/h2-9,15H,10-14H2,1H3,(H,23,26)/p+2/t15-/m1/s1. The molecule has 1 amide bonds. The van der Waals surface area contributed by atoms with Crippen LogP contribution in [0, 0.1) is 5.82 Å². The molecule has 138 valence electrons. The Bertz CT molecular complexity index is 728. The minimum atomic E-state index is -0.304. The van der Waals surface area contributed by atoms with Crippen LogP contribution in [0.15, 0.2) is 48.5 Å². The summed E-state index contributed by atoms with van der Waals surface area (Å²) >= 11 is 5.94. The van der Waals surface area contributed by atoms with Crippen molar-refractivity contribution in [1.82, 2.24) is 0 Å². The fraction of sp³-hybridized carbons (Fsp3) is 0.350. The molecule has 26 heavy (non-hydrogen) atoms. The molecular weight excluding hydrogens is 353 g/mol. The topological polar surface area (TPSA) is 38.0 Å². The number of carbonyl (C=O) groups excluding carboxylic acids is 1. The molecule has 0 saturated carbocycles. The van der Waals surface area contributed by atoms with Crippen LogP contribution in [0.5, 0.6) is 0 Å². The molecular formula is C20H25ClFN3O+2. The summed E-state index contributed by atoms with van der Waals surface area (Å²) in [6.45, 7) is 6.93. The molecule has 0 unspecified atom stereocenters. The van der Waals surface area contributed by atoms with Gasteiger partial charge in [0.1, 0.15) is 38.5 Å². The van der Waals surface area contributed by atoms with Crippen molar-refractivity contribution in [2.75, 3.05) is 31.5 Å². The first kappa shape index (κ1) is 18.8. The Morgan fingerprint density at radius 1 is 1.08 bits per heavy atom. The van der Waals surface area contributed by atoms with Crippen molar-refractivity contribution in [1.29, 1.82) is 0 Å². The second-order valence-corrected chi connectivity index (χ2v) is 7.37. The van der Waals surface area contributed by atoms with Gasteiger partial charge in [-0.15, -0.1) is 0 Å². The van der Waals surface area contributed by atoms with Crippen molar-refractivity contribution >= 4 is 23.2 Å². The van der Waals surface area contributed by atoms with Crippen LogP contribution >= 0.6 is 11.6 Å². The molecule has 4 nitrogen and oxygen atoms in total. The third kappa shape index (κ3) is 5.04. The molecule has 2 aromatic carbocycles. The first-order valence-corrected chi connectivity index (χ1v) is 9.38. The summed E-state index contributed by atoms with van der Waals surface area (Å²) in [5.41, 5.74) is 1.92. The van der Waals surface area contributed by atoms with Crippen LogP contribution in [0.1, 0.15) is 12.5 Å². The van der Waals surface area contributed by atoms with Crippen molar-refractivity contribution in [3.63, 3.8) is 0 Å². The van der Waals surface area contributed by atoms with Crippen molar-refractivity contribution in [2.45, 2.75) is 19.5 Å². The van der Waals surface area contributed by atoms with Crippen molar-refractivity contribution < 1.29 is 19.0 Å². The average molecular weight is 378 g/mol. The number of amides is 1. The summed E-state index contributed by atoms with van der Waals surface area (Å²) in [5.74, 6) is -0.325. The van der Waals surface area contributed by atoms with Gasteiger partial charge >= 0.3 is 0 Å². The van der Waals surface area contributed by atoms with E-state index in [1.54, 1.807) is 12.1 Å². The Kier molecular flexibility index (Phi) is 6.25. The van der Waals surface area contributed by atoms with Gasteiger partial charge in [-0.05, 0) is 43.3 Å². The Morgan fingerprint density at radius 2 is 1.69 bits per heavy atom. The van der Waals surface area contributed by atoms with Gasteiger partial charge < -0.3 is 15.1 Å². The molecule has 3 rings (SSSR count). The third-order valence-electron chi connectivity index (χ3n) is 5.08. The zero-order valence-electron chi connectivity index (χ0n) is 14.9. The highest BCUT2D eigenvalue weighted by Gasteiger charge is 2.31. The lowest BCUT2D eigenvalue weighted by atomic mass is 10.1. The van der Waals surface area contributed by atoms with Crippen LogP contribution in [0.3, 0.4) is 0 Å². The second kappa shape index (κ2) is 8.62. The average Bonchev–Trinajstić information content (AvgIpc) is 2.65. The zero-order valence-corrected chi connectivity index (χ0v) is 15.7. The smallest absolute Gasteiger partial charge is 0.282 e. The molecule has 6 heteroatoms. The number of piperazine rings is 1. The highest BCUT2D eigenvalue weighted by atomic mass is 35.5. The van der Waals surface area contributed by atoms with Crippen LogP contribution in [0.4, 0.5) is 10.1 Å². The highest BCUT2D eigenvalue weighted by Crippen LogP contribution is 2.09. The van der Waals surface area contributed by atoms with Crippen LogP contribution in [0.2, 0.25) is 5.02 Å². The van der Waals surface area contributed by atoms with Gasteiger partial charge in [0.2, 0.25) is 0 Å². The summed E-state index contributed by atoms with van der Waals surface area (Å²) in [4.78, 5) is 15.3. The maximum absolute atomic E-state index is 13.0. The molecule has 0 bridgehead atoms. The van der Waals surface area contributed by atoms with Gasteiger partial charge in [-0.3, -0.25) is 4.79 Å². The van der Waals surface area contributed by atoms with E-state index >= 15 is 0 Å². The van der Waals surface area contributed by atoms with Crippen LogP contribution < -0.4 is 15.1 Å². The largest absolute Gasteiger partial charge is 0.322 e. The number of rotatable bonds is 5. The summed E-state index contributed by atoms with van der Waals surface area (Å²) in [5, 5.41) is 3.64. The van der Waals surface area contributed by atoms with Gasteiger partial charge in [-0.1, -0.05) is 23.7 Å². The van der Waals surface area contributed by atoms with E-state index in [-0.39, 0.29) is 17.8 Å². The molecule has 1 heterocycles. The molecule has 0 radical (unpaired) electrons. The maximum atomic E-state index is 13.0. The number of hydrogen-bond donors (Lipinski definition) is 3. The lowest BCUT2D eigenvalue weighted by Gasteiger charge is -2.32. The first-order valence-electron chi connectivity index (χ1n) is 9.00. The normalized spacial score (nSPS) is 21.2. The molecule has 1 atom stereocenters. The number of nitrogens with one attached hydrogen (secondary N) is 3. The highest BCUT2D eigenvalue weighted by molar-refractivity contribution is 6.30. The van der Waals surface area contributed by atoms with E-state index in [0.717, 1.165) is 37.7 Å². The molecule has 0 aromatic heterocycles. The summed E-state index contributed by atoms with van der Waals surface area (Å²) in [6, 6.07) is 13.8. The number of hydrogen-bond acceptors (Lipinski definition) is 1. The Morgan fingerprint density at radius 3 is 2.31 bits per heavy atom. The summed E-state index contributed by atoms with van der Waals surface area (Å²) in [6.07, 6.45) is 0. The fourth-order valence-corrected chi connectivity index (χ4v) is 3.52. The SMILES string of the molecule is C[C@H](C(=O)Nc1ccc(F)cc1)[NH+]1CC[NH+](Cc2ccc(Cl)cc2)CC1. The van der Waals surface area contributed by atoms with Gasteiger partial charge in [-0.2, -0.15) is 0 Å². The first-order chi connectivity index (χ1) is 12.5. The lowest BCUT2D eigenvalue weighted by molar-refractivity contribution is -1.02. The molecule has 2 aromatic rings. The van der Waals surface area contributed by atoms with Gasteiger partial charge in [-0.25, -0.2) is 4.39 Å². The van der Waals surface area contributed by atoms with E-state index in [2.05, 4.69) is 17.4 Å². The Labute approximate surface area is 158 Å². The summed E-state index contributed by atoms with van der Waals surface area (Å²) in [7, 11) is 0. The zero-order chi connectivity index (χ0) is 18.5. The molecule has 1 aliphatic rings. The van der Waals surface area contributed by atoms with Gasteiger partial charge in [0.25, 0.3) is 5.91 Å². The second-order valence-electron chi connectivity index (χ2n) is 6.93. The monoisotopic (exact) mass is 377 g/mol. The van der Waals surface area contributed by atoms with Gasteiger partial charge in [0.15, 0.2) is 6.04 Å². The molecule has 1 aliphatic heterocycles. The quantitative estimate of drug-likeness (QED) is 0.708. The van der Waals surface area contributed by atoms with E-state index in [9.17, 15) is 9.18 Å². The van der Waals surface area contributed by atoms with Crippen LogP contribution in [-0.4, -0.2) is 38.1 Å². The Balaban J connectivity index is 1.48. The van der Waals surface area contributed by atoms with Crippen molar-refractivity contribution in [3.05, 3.63) is 64.9 Å². The van der Waals surface area contributed by atoms with E-state index < -0.39 is 0 Å². The molecule has 1 fully saturated rings. The number of anilines is 1. The van der Waals surface area contributed by atoms with E-state index in [1.165, 1.54) is 27.5 Å². The third-order valence-corrected chi connectivity index (χ3v) is 5.34. The number of carbonyl (C=O) groups is 1. The van der Waals surface area contributed by atoms with E-state index in [4.69, 9.17) is 11.6 Å². The molecule has 0 spiro atoms. The van der Waals surface area contributed by atoms with E-state index in [0.29, 0.717) is 5.69 Å². The predicted molar refractivity (Wildman–Crippen MR) is 101 cm³/mol. The minimum absolute atomic E-state index is 0.0206. The van der Waals surface area contributed by atoms with Gasteiger partial charge in [0.05, 0.1) is 0 Å². The molecule has 1 saturated heterocycles. The Hall–Kier alpha value is -1.95. The van der Waals surface area contributed by atoms with E-state index in [1.807, 2.05) is 19.1 Å². The predicted octanol–water partition coefficient (Wildman–Crippen LogP) is 0.790. The number of benzene rings is 2. The molecule has 0 aliphatic carbocycles. The van der Waals surface area contributed by atoms with Crippen LogP contribution in [0.25, 0.3) is 0 Å². The fourth-order valence-electron chi connectivity index (χ4n) is 3.39. The van der Waals surface area contributed by atoms with Gasteiger partial charge in [0, 0.05) is 16.3 Å². The number of halogens is 2. The summed E-state index contributed by atoms with van der Waals surface area (Å²) < 4.78 is 13.0. The van der Waals surface area contributed by atoms with Crippen molar-refractivity contribution in [3.8, 4) is 0 Å². The maximum Gasteiger partial charge on any atom is 0.282 e. The molecule has 3 N–H and O–H groups in total. The lowest BCUT2D eigenvalue weighted by Crippen LogP contribution is -3.29. The number of quaternary nitrogens is 2.